The molecule has 1 unspecified atom stereocenters. The van der Waals surface area contributed by atoms with Crippen LogP contribution in [0.4, 0.5) is 0 Å². The molecule has 1 aromatic rings. The molecule has 0 aromatic heterocycles. The van der Waals surface area contributed by atoms with Gasteiger partial charge in [-0.2, -0.15) is 0 Å². The molecule has 1 N–H and O–H groups in total. The fourth-order valence-corrected chi connectivity index (χ4v) is 2.73. The quantitative estimate of drug-likeness (QED) is 0.787. The molecule has 0 aliphatic carbocycles. The highest BCUT2D eigenvalue weighted by atomic mass is 16.2. The zero-order valence-electron chi connectivity index (χ0n) is 12.9. The first-order valence-corrected chi connectivity index (χ1v) is 7.23. The highest BCUT2D eigenvalue weighted by molar-refractivity contribution is 5.96. The normalized spacial score (nSPS) is 19.0. The van der Waals surface area contributed by atoms with Crippen LogP contribution in [-0.2, 0) is 0 Å². The number of likely N-dealkylation sites (N-methyl/N-ethyl adjacent to an activating group) is 1. The Bertz CT molecular complexity index is 586. The molecule has 1 aliphatic rings. The van der Waals surface area contributed by atoms with Gasteiger partial charge in [0.15, 0.2) is 0 Å². The zero-order valence-corrected chi connectivity index (χ0v) is 12.9. The second-order valence-corrected chi connectivity index (χ2v) is 5.55. The molecule has 0 spiro atoms. The highest BCUT2D eigenvalue weighted by Crippen LogP contribution is 2.18. The molecule has 0 radical (unpaired) electrons. The van der Waals surface area contributed by atoms with Crippen LogP contribution in [0.1, 0.15) is 28.4 Å². The maximum absolute atomic E-state index is 12.8. The Morgan fingerprint density at radius 1 is 1.43 bits per heavy atom. The van der Waals surface area contributed by atoms with E-state index in [2.05, 4.69) is 30.7 Å². The Kier molecular flexibility index (Phi) is 5.00. The number of aliphatic hydroxyl groups excluding tert-OH is 1. The van der Waals surface area contributed by atoms with E-state index in [9.17, 15) is 4.79 Å². The van der Waals surface area contributed by atoms with Crippen molar-refractivity contribution in [3.05, 3.63) is 34.9 Å². The van der Waals surface area contributed by atoms with Crippen LogP contribution < -0.4 is 0 Å². The maximum Gasteiger partial charge on any atom is 0.254 e. The number of benzene rings is 1. The van der Waals surface area contributed by atoms with Crippen LogP contribution in [0.25, 0.3) is 0 Å². The van der Waals surface area contributed by atoms with E-state index in [4.69, 9.17) is 5.11 Å². The molecule has 4 nitrogen and oxygen atoms in total. The Balaban J connectivity index is 2.27. The van der Waals surface area contributed by atoms with E-state index in [1.165, 1.54) is 0 Å². The molecule has 1 atom stereocenters. The summed E-state index contributed by atoms with van der Waals surface area (Å²) in [6.07, 6.45) is 0. The van der Waals surface area contributed by atoms with Gasteiger partial charge in [0.2, 0.25) is 0 Å². The smallest absolute Gasteiger partial charge is 0.254 e. The van der Waals surface area contributed by atoms with Crippen molar-refractivity contribution in [2.75, 3.05) is 33.3 Å². The van der Waals surface area contributed by atoms with Gasteiger partial charge in [-0.3, -0.25) is 4.79 Å². The predicted molar refractivity (Wildman–Crippen MR) is 83.1 cm³/mol. The second-order valence-electron chi connectivity index (χ2n) is 5.55. The first kappa shape index (κ1) is 15.6. The molecule has 1 amide bonds. The van der Waals surface area contributed by atoms with Gasteiger partial charge in [0.25, 0.3) is 5.91 Å². The standard InChI is InChI=1S/C17H22N2O2/c1-13-12-18(3)9-10-19(13)17(21)16-8-4-6-15(14(16)2)7-5-11-20/h4,6,8,13,20H,9-12H2,1-3H3. The minimum atomic E-state index is -0.174. The lowest BCUT2D eigenvalue weighted by atomic mass is 10.0. The molecular weight excluding hydrogens is 264 g/mol. The molecule has 0 bridgehead atoms. The SMILES string of the molecule is Cc1c(C#CCO)cccc1C(=O)N1CCN(C)CC1C. The van der Waals surface area contributed by atoms with Crippen LogP contribution in [0.3, 0.4) is 0 Å². The minimum absolute atomic E-state index is 0.0701. The van der Waals surface area contributed by atoms with E-state index in [1.807, 2.05) is 30.0 Å². The third-order valence-corrected chi connectivity index (χ3v) is 3.96. The van der Waals surface area contributed by atoms with Gasteiger partial charge in [-0.25, -0.2) is 0 Å². The summed E-state index contributed by atoms with van der Waals surface area (Å²) in [5.41, 5.74) is 2.39. The molecule has 2 rings (SSSR count). The van der Waals surface area contributed by atoms with Gasteiger partial charge in [-0.1, -0.05) is 17.9 Å². The van der Waals surface area contributed by atoms with Crippen molar-refractivity contribution in [3.8, 4) is 11.8 Å². The molecule has 4 heteroatoms. The first-order valence-electron chi connectivity index (χ1n) is 7.23. The molecule has 1 heterocycles. The van der Waals surface area contributed by atoms with Gasteiger partial charge >= 0.3 is 0 Å². The fraction of sp³-hybridized carbons (Fsp3) is 0.471. The van der Waals surface area contributed by atoms with Crippen LogP contribution in [0, 0.1) is 18.8 Å². The van der Waals surface area contributed by atoms with Crippen molar-refractivity contribution in [2.45, 2.75) is 19.9 Å². The first-order chi connectivity index (χ1) is 10.0. The van der Waals surface area contributed by atoms with Crippen LogP contribution in [-0.4, -0.2) is 60.1 Å². The van der Waals surface area contributed by atoms with E-state index < -0.39 is 0 Å². The summed E-state index contributed by atoms with van der Waals surface area (Å²) in [6.45, 7) is 6.37. The number of aliphatic hydroxyl groups is 1. The number of rotatable bonds is 1. The van der Waals surface area contributed by atoms with Crippen molar-refractivity contribution in [2.24, 2.45) is 0 Å². The number of nitrogens with zero attached hydrogens (tertiary/aromatic N) is 2. The van der Waals surface area contributed by atoms with Crippen molar-refractivity contribution in [1.82, 2.24) is 9.80 Å². The summed E-state index contributed by atoms with van der Waals surface area (Å²) in [6, 6.07) is 5.79. The maximum atomic E-state index is 12.8. The third kappa shape index (κ3) is 3.44. The van der Waals surface area contributed by atoms with Crippen molar-refractivity contribution in [3.63, 3.8) is 0 Å². The van der Waals surface area contributed by atoms with Crippen LogP contribution in [0.2, 0.25) is 0 Å². The van der Waals surface area contributed by atoms with Gasteiger partial charge in [-0.05, 0) is 38.6 Å². The molecule has 1 saturated heterocycles. The number of carbonyl (C=O) groups is 1. The Morgan fingerprint density at radius 2 is 2.19 bits per heavy atom. The average molecular weight is 286 g/mol. The molecule has 21 heavy (non-hydrogen) atoms. The summed E-state index contributed by atoms with van der Waals surface area (Å²) in [5.74, 6) is 5.61. The topological polar surface area (TPSA) is 43.8 Å². The molecule has 1 fully saturated rings. The number of piperazine rings is 1. The second kappa shape index (κ2) is 6.75. The summed E-state index contributed by atoms with van der Waals surface area (Å²) in [7, 11) is 2.08. The van der Waals surface area contributed by atoms with E-state index in [-0.39, 0.29) is 18.6 Å². The van der Waals surface area contributed by atoms with Crippen LogP contribution in [0.5, 0.6) is 0 Å². The van der Waals surface area contributed by atoms with Crippen LogP contribution >= 0.6 is 0 Å². The van der Waals surface area contributed by atoms with E-state index in [0.717, 1.165) is 30.8 Å². The Morgan fingerprint density at radius 3 is 2.86 bits per heavy atom. The van der Waals surface area contributed by atoms with Gasteiger partial charge < -0.3 is 14.9 Å². The molecule has 112 valence electrons. The van der Waals surface area contributed by atoms with Gasteiger partial charge in [0, 0.05) is 36.8 Å². The van der Waals surface area contributed by atoms with Crippen molar-refractivity contribution >= 4 is 5.91 Å². The minimum Gasteiger partial charge on any atom is -0.384 e. The molecule has 0 saturated carbocycles. The summed E-state index contributed by atoms with van der Waals surface area (Å²) < 4.78 is 0. The summed E-state index contributed by atoms with van der Waals surface area (Å²) in [4.78, 5) is 17.0. The molecular formula is C17H22N2O2. The number of hydrogen-bond acceptors (Lipinski definition) is 3. The Labute approximate surface area is 126 Å². The number of carbonyl (C=O) groups excluding carboxylic acids is 1. The average Bonchev–Trinajstić information content (AvgIpc) is 2.45. The van der Waals surface area contributed by atoms with Gasteiger partial charge in [0.1, 0.15) is 6.61 Å². The zero-order chi connectivity index (χ0) is 15.4. The largest absolute Gasteiger partial charge is 0.384 e. The Hall–Kier alpha value is -1.83. The summed E-state index contributed by atoms with van der Waals surface area (Å²) in [5, 5.41) is 8.81. The van der Waals surface area contributed by atoms with Crippen molar-refractivity contribution in [1.29, 1.82) is 0 Å². The monoisotopic (exact) mass is 286 g/mol. The number of hydrogen-bond donors (Lipinski definition) is 1. The predicted octanol–water partition coefficient (Wildman–Crippen LogP) is 1.11. The summed E-state index contributed by atoms with van der Waals surface area (Å²) >= 11 is 0. The van der Waals surface area contributed by atoms with Crippen molar-refractivity contribution < 1.29 is 9.90 Å². The van der Waals surface area contributed by atoms with Crippen LogP contribution in [0.15, 0.2) is 18.2 Å². The highest BCUT2D eigenvalue weighted by Gasteiger charge is 2.27. The van der Waals surface area contributed by atoms with Gasteiger partial charge in [-0.15, -0.1) is 0 Å². The molecule has 1 aliphatic heterocycles. The number of amides is 1. The fourth-order valence-electron chi connectivity index (χ4n) is 2.73. The van der Waals surface area contributed by atoms with E-state index in [1.54, 1.807) is 0 Å². The lowest BCUT2D eigenvalue weighted by Gasteiger charge is -2.38. The lowest BCUT2D eigenvalue weighted by molar-refractivity contribution is 0.0533. The third-order valence-electron chi connectivity index (χ3n) is 3.96. The van der Waals surface area contributed by atoms with E-state index >= 15 is 0 Å². The van der Waals surface area contributed by atoms with Gasteiger partial charge in [0.05, 0.1) is 0 Å². The van der Waals surface area contributed by atoms with E-state index in [0.29, 0.717) is 5.56 Å². The lowest BCUT2D eigenvalue weighted by Crippen LogP contribution is -2.52. The molecule has 1 aromatic carbocycles.